The predicted molar refractivity (Wildman–Crippen MR) is 121 cm³/mol. The molecule has 0 saturated heterocycles. The Morgan fingerprint density at radius 3 is 1.70 bits per heavy atom. The van der Waals surface area contributed by atoms with E-state index in [0.717, 1.165) is 21.7 Å². The van der Waals surface area contributed by atoms with Crippen LogP contribution in [0, 0.1) is 0 Å². The van der Waals surface area contributed by atoms with Crippen LogP contribution in [0.15, 0.2) is 84.9 Å². The van der Waals surface area contributed by atoms with Gasteiger partial charge in [-0.25, -0.2) is 8.42 Å². The third-order valence-electron chi connectivity index (χ3n) is 4.58. The minimum atomic E-state index is -3.66. The Morgan fingerprint density at radius 2 is 1.27 bits per heavy atom. The second-order valence-electron chi connectivity index (χ2n) is 6.97. The Kier molecular flexibility index (Phi) is 7.13. The van der Waals surface area contributed by atoms with Crippen LogP contribution in [0.25, 0.3) is 0 Å². The van der Waals surface area contributed by atoms with Crippen molar-refractivity contribution in [3.8, 4) is 0 Å². The lowest BCUT2D eigenvalue weighted by molar-refractivity contribution is -0.130. The molecule has 0 heterocycles. The second-order valence-corrected chi connectivity index (χ2v) is 9.31. The fourth-order valence-corrected chi connectivity index (χ4v) is 4.05. The van der Waals surface area contributed by atoms with Crippen LogP contribution in [0.1, 0.15) is 11.1 Å². The summed E-state index contributed by atoms with van der Waals surface area (Å²) in [6, 6.07) is 25.6. The molecule has 0 aromatic heterocycles. The Balaban J connectivity index is 1.87. The molecule has 0 unspecified atom stereocenters. The summed E-state index contributed by atoms with van der Waals surface area (Å²) < 4.78 is 25.9. The zero-order valence-electron chi connectivity index (χ0n) is 16.6. The lowest BCUT2D eigenvalue weighted by atomic mass is 10.1. The van der Waals surface area contributed by atoms with Gasteiger partial charge in [-0.2, -0.15) is 0 Å². The fourth-order valence-electron chi connectivity index (χ4n) is 3.07. The van der Waals surface area contributed by atoms with Crippen LogP contribution in [0.3, 0.4) is 0 Å². The molecule has 1 amide bonds. The maximum atomic E-state index is 13.2. The smallest absolute Gasteiger partial charge is 0.243 e. The summed E-state index contributed by atoms with van der Waals surface area (Å²) in [5.41, 5.74) is 2.34. The standard InChI is InChI=1S/C23H23ClN2O3S/c1-30(28,29)26(22-14-12-21(24)13-15-22)18-23(27)25(16-19-8-4-2-5-9-19)17-20-10-6-3-7-11-20/h2-15H,16-18H2,1H3. The van der Waals surface area contributed by atoms with Gasteiger partial charge in [0.2, 0.25) is 15.9 Å². The molecule has 7 heteroatoms. The zero-order chi connectivity index (χ0) is 21.6. The number of nitrogens with zero attached hydrogens (tertiary/aromatic N) is 2. The van der Waals surface area contributed by atoms with E-state index in [2.05, 4.69) is 0 Å². The largest absolute Gasteiger partial charge is 0.332 e. The van der Waals surface area contributed by atoms with Crippen molar-refractivity contribution in [1.29, 1.82) is 0 Å². The van der Waals surface area contributed by atoms with Crippen LogP contribution in [0.2, 0.25) is 5.02 Å². The van der Waals surface area contributed by atoms with Crippen LogP contribution >= 0.6 is 11.6 Å². The monoisotopic (exact) mass is 442 g/mol. The number of rotatable bonds is 8. The highest BCUT2D eigenvalue weighted by Gasteiger charge is 2.24. The average molecular weight is 443 g/mol. The average Bonchev–Trinajstić information content (AvgIpc) is 2.73. The number of carbonyl (C=O) groups is 1. The minimum absolute atomic E-state index is 0.289. The van der Waals surface area contributed by atoms with Crippen molar-refractivity contribution in [2.24, 2.45) is 0 Å². The van der Waals surface area contributed by atoms with Gasteiger partial charge in [-0.3, -0.25) is 9.10 Å². The highest BCUT2D eigenvalue weighted by molar-refractivity contribution is 7.92. The highest BCUT2D eigenvalue weighted by Crippen LogP contribution is 2.21. The zero-order valence-corrected chi connectivity index (χ0v) is 18.2. The molecule has 5 nitrogen and oxygen atoms in total. The number of amides is 1. The van der Waals surface area contributed by atoms with E-state index in [9.17, 15) is 13.2 Å². The molecule has 0 radical (unpaired) electrons. The summed E-state index contributed by atoms with van der Waals surface area (Å²) in [5, 5.41) is 0.494. The van der Waals surface area contributed by atoms with Gasteiger partial charge in [0.05, 0.1) is 11.9 Å². The van der Waals surface area contributed by atoms with Crippen LogP contribution in [0.4, 0.5) is 5.69 Å². The van der Waals surface area contributed by atoms with Crippen molar-refractivity contribution in [3.05, 3.63) is 101 Å². The van der Waals surface area contributed by atoms with Gasteiger partial charge in [0.1, 0.15) is 6.54 Å². The van der Waals surface area contributed by atoms with Crippen molar-refractivity contribution in [3.63, 3.8) is 0 Å². The van der Waals surface area contributed by atoms with Crippen LogP contribution in [-0.2, 0) is 27.9 Å². The molecule has 0 atom stereocenters. The molecule has 0 aliphatic heterocycles. The molecule has 0 N–H and O–H groups in total. The lowest BCUT2D eigenvalue weighted by Crippen LogP contribution is -2.42. The van der Waals surface area contributed by atoms with Crippen molar-refractivity contribution >= 4 is 33.2 Å². The Labute approximate surface area is 182 Å². The van der Waals surface area contributed by atoms with E-state index >= 15 is 0 Å². The topological polar surface area (TPSA) is 57.7 Å². The summed E-state index contributed by atoms with van der Waals surface area (Å²) in [6.07, 6.45) is 1.09. The van der Waals surface area contributed by atoms with E-state index in [1.807, 2.05) is 60.7 Å². The van der Waals surface area contributed by atoms with Crippen LogP contribution in [0.5, 0.6) is 0 Å². The number of hydrogen-bond acceptors (Lipinski definition) is 3. The molecule has 30 heavy (non-hydrogen) atoms. The van der Waals surface area contributed by atoms with Gasteiger partial charge < -0.3 is 4.90 Å². The first-order valence-electron chi connectivity index (χ1n) is 9.42. The van der Waals surface area contributed by atoms with E-state index in [4.69, 9.17) is 11.6 Å². The maximum absolute atomic E-state index is 13.2. The summed E-state index contributed by atoms with van der Waals surface area (Å²) in [6.45, 7) is 0.472. The molecule has 0 aliphatic carbocycles. The molecular weight excluding hydrogens is 420 g/mol. The molecule has 3 aromatic rings. The number of carbonyl (C=O) groups excluding carboxylic acids is 1. The maximum Gasteiger partial charge on any atom is 0.243 e. The minimum Gasteiger partial charge on any atom is -0.332 e. The Morgan fingerprint density at radius 1 is 0.800 bits per heavy atom. The molecule has 0 fully saturated rings. The molecule has 156 valence electrons. The number of sulfonamides is 1. The van der Waals surface area contributed by atoms with E-state index in [0.29, 0.717) is 23.8 Å². The van der Waals surface area contributed by atoms with Crippen LogP contribution < -0.4 is 4.31 Å². The van der Waals surface area contributed by atoms with Gasteiger partial charge in [0.25, 0.3) is 0 Å². The quantitative estimate of drug-likeness (QED) is 0.521. The number of hydrogen-bond donors (Lipinski definition) is 0. The molecule has 3 rings (SSSR count). The molecule has 0 spiro atoms. The SMILES string of the molecule is CS(=O)(=O)N(CC(=O)N(Cc1ccccc1)Cc1ccccc1)c1ccc(Cl)cc1. The van der Waals surface area contributed by atoms with Crippen molar-refractivity contribution in [1.82, 2.24) is 4.90 Å². The summed E-state index contributed by atoms with van der Waals surface area (Å²) >= 11 is 5.92. The van der Waals surface area contributed by atoms with E-state index in [1.165, 1.54) is 0 Å². The first kappa shape index (κ1) is 21.9. The van der Waals surface area contributed by atoms with Gasteiger partial charge >= 0.3 is 0 Å². The van der Waals surface area contributed by atoms with E-state index < -0.39 is 10.0 Å². The van der Waals surface area contributed by atoms with Gasteiger partial charge in [-0.15, -0.1) is 0 Å². The summed E-state index contributed by atoms with van der Waals surface area (Å²) in [4.78, 5) is 14.9. The highest BCUT2D eigenvalue weighted by atomic mass is 35.5. The van der Waals surface area contributed by atoms with Crippen molar-refractivity contribution in [2.45, 2.75) is 13.1 Å². The van der Waals surface area contributed by atoms with Gasteiger partial charge in [0.15, 0.2) is 0 Å². The Bertz CT molecular complexity index is 1030. The number of halogens is 1. The third-order valence-corrected chi connectivity index (χ3v) is 5.97. The van der Waals surface area contributed by atoms with Crippen molar-refractivity contribution in [2.75, 3.05) is 17.1 Å². The van der Waals surface area contributed by atoms with Gasteiger partial charge in [-0.05, 0) is 35.4 Å². The van der Waals surface area contributed by atoms with Crippen LogP contribution in [-0.4, -0.2) is 32.0 Å². The molecule has 0 saturated carbocycles. The fraction of sp³-hybridized carbons (Fsp3) is 0.174. The normalized spacial score (nSPS) is 11.1. The van der Waals surface area contributed by atoms with Gasteiger partial charge in [0, 0.05) is 18.1 Å². The van der Waals surface area contributed by atoms with Crippen molar-refractivity contribution < 1.29 is 13.2 Å². The predicted octanol–water partition coefficient (Wildman–Crippen LogP) is 4.34. The summed E-state index contributed by atoms with van der Waals surface area (Å²) in [5.74, 6) is -0.289. The van der Waals surface area contributed by atoms with E-state index in [-0.39, 0.29) is 12.5 Å². The molecule has 0 bridgehead atoms. The number of benzene rings is 3. The first-order valence-corrected chi connectivity index (χ1v) is 11.6. The third kappa shape index (κ3) is 6.08. The lowest BCUT2D eigenvalue weighted by Gasteiger charge is -2.28. The molecule has 3 aromatic carbocycles. The first-order chi connectivity index (χ1) is 14.3. The molecular formula is C23H23ClN2O3S. The molecule has 0 aliphatic rings. The number of anilines is 1. The van der Waals surface area contributed by atoms with E-state index in [1.54, 1.807) is 29.2 Å². The summed E-state index contributed by atoms with van der Waals surface area (Å²) in [7, 11) is -3.66. The Hall–Kier alpha value is -2.83. The second kappa shape index (κ2) is 9.78. The van der Waals surface area contributed by atoms with Gasteiger partial charge in [-0.1, -0.05) is 72.3 Å².